The van der Waals surface area contributed by atoms with Gasteiger partial charge in [0.15, 0.2) is 12.1 Å². The minimum atomic E-state index is -1.49. The van der Waals surface area contributed by atoms with Gasteiger partial charge in [-0.3, -0.25) is 24.0 Å². The van der Waals surface area contributed by atoms with E-state index in [1.54, 1.807) is 18.3 Å². The standard InChI is InChI=1S/C34H40N10O10S2/c45-20(13-21(31(49)50)22-14-35-17-39-22)4-8-34(44-27(48)7-12-55-56-28-3-1-2-11-38-28,9-5-25(46)42-29(32(51)52)23-15-36-18-40-23)10-6-26(47)43-30(33(53)54)24-16-37-19-41-24/h1-3,11,14-19,21,29-30H,4-10,12-13H2,(H,35,39)(H,36,40)(H,37,41)(H,42,46)(H,43,47)(H,44,48)(H,49,50)(H,51,52)(H,53,54). The smallest absolute Gasteiger partial charge is 0.332 e. The van der Waals surface area contributed by atoms with E-state index in [9.17, 15) is 48.9 Å². The molecule has 0 spiro atoms. The number of amides is 3. The topological polar surface area (TPSA) is 315 Å². The van der Waals surface area contributed by atoms with Crippen LogP contribution in [-0.2, 0) is 33.6 Å². The fourth-order valence-corrected chi connectivity index (χ4v) is 7.48. The lowest BCUT2D eigenvalue weighted by Gasteiger charge is -2.35. The van der Waals surface area contributed by atoms with E-state index in [0.717, 1.165) is 5.03 Å². The molecule has 0 bridgehead atoms. The van der Waals surface area contributed by atoms with E-state index in [2.05, 4.69) is 50.8 Å². The number of H-pyrrole nitrogens is 3. The largest absolute Gasteiger partial charge is 0.481 e. The Morgan fingerprint density at radius 1 is 0.679 bits per heavy atom. The van der Waals surface area contributed by atoms with Crippen molar-refractivity contribution in [3.63, 3.8) is 0 Å². The Bertz CT molecular complexity index is 1740. The number of nitrogens with zero attached hydrogens (tertiary/aromatic N) is 4. The van der Waals surface area contributed by atoms with Crippen LogP contribution in [0.15, 0.2) is 67.0 Å². The molecule has 3 unspecified atom stereocenters. The molecule has 0 aliphatic rings. The van der Waals surface area contributed by atoms with Gasteiger partial charge in [0.1, 0.15) is 16.7 Å². The number of carbonyl (C=O) groups excluding carboxylic acids is 4. The molecule has 298 valence electrons. The van der Waals surface area contributed by atoms with Crippen LogP contribution in [0.3, 0.4) is 0 Å². The third-order valence-corrected chi connectivity index (χ3v) is 10.8. The van der Waals surface area contributed by atoms with Crippen molar-refractivity contribution in [1.29, 1.82) is 0 Å². The van der Waals surface area contributed by atoms with Crippen molar-refractivity contribution in [2.75, 3.05) is 5.75 Å². The Hall–Kier alpha value is -6.03. The molecule has 0 radical (unpaired) electrons. The number of hydrogen-bond donors (Lipinski definition) is 9. The molecule has 4 aromatic heterocycles. The van der Waals surface area contributed by atoms with E-state index in [4.69, 9.17) is 0 Å². The summed E-state index contributed by atoms with van der Waals surface area (Å²) in [6.07, 6.45) is 7.12. The zero-order valence-electron chi connectivity index (χ0n) is 29.7. The summed E-state index contributed by atoms with van der Waals surface area (Å²) in [6.45, 7) is 0. The van der Waals surface area contributed by atoms with Crippen molar-refractivity contribution >= 4 is 63.0 Å². The number of rotatable bonds is 25. The highest BCUT2D eigenvalue weighted by atomic mass is 33.1. The van der Waals surface area contributed by atoms with Crippen LogP contribution in [0.2, 0.25) is 0 Å². The van der Waals surface area contributed by atoms with Gasteiger partial charge in [0.25, 0.3) is 0 Å². The molecule has 22 heteroatoms. The monoisotopic (exact) mass is 812 g/mol. The Balaban J connectivity index is 1.56. The first-order chi connectivity index (χ1) is 26.9. The highest BCUT2D eigenvalue weighted by Gasteiger charge is 2.36. The lowest BCUT2D eigenvalue weighted by molar-refractivity contribution is -0.142. The second-order valence-electron chi connectivity index (χ2n) is 12.5. The third kappa shape index (κ3) is 13.4. The number of carboxylic acid groups (broad SMARTS) is 3. The van der Waals surface area contributed by atoms with Crippen molar-refractivity contribution in [3.05, 3.63) is 79.1 Å². The number of imidazole rings is 3. The quantitative estimate of drug-likeness (QED) is 0.0342. The molecule has 0 aliphatic heterocycles. The number of Topliss-reactive ketones (excluding diaryl/α,β-unsaturated/α-hetero) is 1. The van der Waals surface area contributed by atoms with Gasteiger partial charge in [-0.15, -0.1) is 0 Å². The zero-order chi connectivity index (χ0) is 40.5. The van der Waals surface area contributed by atoms with Crippen LogP contribution in [0, 0.1) is 0 Å². The number of aliphatic carboxylic acids is 3. The molecule has 0 fully saturated rings. The first-order valence-corrected chi connectivity index (χ1v) is 19.4. The summed E-state index contributed by atoms with van der Waals surface area (Å²) >= 11 is 0. The average Bonchev–Trinajstić information content (AvgIpc) is 4.00. The number of aromatic nitrogens is 7. The Morgan fingerprint density at radius 3 is 1.68 bits per heavy atom. The molecule has 4 heterocycles. The minimum absolute atomic E-state index is 0.0265. The van der Waals surface area contributed by atoms with E-state index in [-0.39, 0.29) is 62.0 Å². The number of carbonyl (C=O) groups is 7. The molecule has 0 saturated carbocycles. The Kier molecular flexibility index (Phi) is 16.1. The van der Waals surface area contributed by atoms with Crippen LogP contribution >= 0.6 is 21.6 Å². The molecular formula is C34H40N10O10S2. The van der Waals surface area contributed by atoms with Gasteiger partial charge >= 0.3 is 17.9 Å². The summed E-state index contributed by atoms with van der Waals surface area (Å²) in [5, 5.41) is 37.8. The molecule has 0 aromatic carbocycles. The predicted molar refractivity (Wildman–Crippen MR) is 199 cm³/mol. The first-order valence-electron chi connectivity index (χ1n) is 17.1. The molecular weight excluding hydrogens is 773 g/mol. The van der Waals surface area contributed by atoms with Gasteiger partial charge in [-0.1, -0.05) is 16.9 Å². The van der Waals surface area contributed by atoms with Gasteiger partial charge in [-0.2, -0.15) is 0 Å². The van der Waals surface area contributed by atoms with Gasteiger partial charge in [0.05, 0.1) is 42.8 Å². The molecule has 0 aliphatic carbocycles. The van der Waals surface area contributed by atoms with Crippen LogP contribution in [0.4, 0.5) is 0 Å². The maximum Gasteiger partial charge on any atom is 0.332 e. The van der Waals surface area contributed by atoms with Crippen molar-refractivity contribution < 1.29 is 48.9 Å². The van der Waals surface area contributed by atoms with E-state index < -0.39 is 71.4 Å². The number of ketones is 1. The van der Waals surface area contributed by atoms with E-state index in [0.29, 0.717) is 5.75 Å². The predicted octanol–water partition coefficient (Wildman–Crippen LogP) is 2.29. The molecule has 20 nitrogen and oxygen atoms in total. The lowest BCUT2D eigenvalue weighted by Crippen LogP contribution is -2.50. The molecule has 3 amide bonds. The molecule has 4 rings (SSSR count). The van der Waals surface area contributed by atoms with Crippen LogP contribution in [0.1, 0.15) is 86.4 Å². The van der Waals surface area contributed by atoms with Crippen LogP contribution in [0.25, 0.3) is 0 Å². The number of nitrogens with one attached hydrogen (secondary N) is 6. The summed E-state index contributed by atoms with van der Waals surface area (Å²) < 4.78 is 0. The average molecular weight is 813 g/mol. The molecule has 3 atom stereocenters. The summed E-state index contributed by atoms with van der Waals surface area (Å²) in [4.78, 5) is 113. The maximum atomic E-state index is 13.6. The lowest BCUT2D eigenvalue weighted by atomic mass is 9.81. The second kappa shape index (κ2) is 21.2. The summed E-state index contributed by atoms with van der Waals surface area (Å²) in [7, 11) is 2.71. The fourth-order valence-electron chi connectivity index (χ4n) is 5.62. The normalized spacial score (nSPS) is 13.7. The van der Waals surface area contributed by atoms with Crippen LogP contribution in [-0.4, -0.2) is 103 Å². The molecule has 0 saturated heterocycles. The number of carboxylic acids is 3. The third-order valence-electron chi connectivity index (χ3n) is 8.53. The fraction of sp³-hybridized carbons (Fsp3) is 0.382. The van der Waals surface area contributed by atoms with Gasteiger partial charge in [-0.05, 0) is 42.2 Å². The minimum Gasteiger partial charge on any atom is -0.481 e. The number of aromatic amines is 3. The first kappa shape index (κ1) is 42.7. The molecule has 4 aromatic rings. The molecule has 56 heavy (non-hydrogen) atoms. The highest BCUT2D eigenvalue weighted by Crippen LogP contribution is 2.31. The summed E-state index contributed by atoms with van der Waals surface area (Å²) in [6, 6.07) is 2.42. The second-order valence-corrected chi connectivity index (χ2v) is 14.9. The van der Waals surface area contributed by atoms with E-state index in [1.165, 1.54) is 59.2 Å². The Labute approximate surface area is 326 Å². The van der Waals surface area contributed by atoms with Gasteiger partial charge < -0.3 is 46.2 Å². The van der Waals surface area contributed by atoms with Gasteiger partial charge in [0, 0.05) is 61.5 Å². The van der Waals surface area contributed by atoms with Gasteiger partial charge in [-0.25, -0.2) is 29.5 Å². The van der Waals surface area contributed by atoms with Crippen molar-refractivity contribution in [3.8, 4) is 0 Å². The van der Waals surface area contributed by atoms with Crippen molar-refractivity contribution in [1.82, 2.24) is 50.8 Å². The summed E-state index contributed by atoms with van der Waals surface area (Å²) in [5.74, 6) is -7.41. The van der Waals surface area contributed by atoms with E-state index in [1.807, 2.05) is 6.07 Å². The highest BCUT2D eigenvalue weighted by molar-refractivity contribution is 8.76. The van der Waals surface area contributed by atoms with Crippen LogP contribution < -0.4 is 16.0 Å². The zero-order valence-corrected chi connectivity index (χ0v) is 31.3. The maximum absolute atomic E-state index is 13.6. The SMILES string of the molecule is O=C(CCC(CCC(=O)NC(C(=O)O)c1cnc[nH]1)(CCC(=O)NC(C(=O)O)c1cnc[nH]1)NC(=O)CCSSc1ccccn1)CC(C(=O)O)c1cnc[nH]1. The number of hydrogen-bond acceptors (Lipinski definition) is 13. The van der Waals surface area contributed by atoms with Crippen molar-refractivity contribution in [2.45, 2.75) is 79.9 Å². The van der Waals surface area contributed by atoms with Crippen molar-refractivity contribution in [2.24, 2.45) is 0 Å². The Morgan fingerprint density at radius 2 is 1.21 bits per heavy atom. The summed E-state index contributed by atoms with van der Waals surface area (Å²) in [5.41, 5.74) is -1.06. The van der Waals surface area contributed by atoms with Gasteiger partial charge in [0.2, 0.25) is 17.7 Å². The van der Waals surface area contributed by atoms with Crippen LogP contribution in [0.5, 0.6) is 0 Å². The van der Waals surface area contributed by atoms with E-state index >= 15 is 0 Å². The number of pyridine rings is 1. The molecule has 9 N–H and O–H groups in total.